The molecule has 4 rings (SSSR count). The first-order valence-electron chi connectivity index (χ1n) is 10.2. The van der Waals surface area contributed by atoms with E-state index in [0.29, 0.717) is 5.69 Å². The van der Waals surface area contributed by atoms with Crippen LogP contribution in [0.5, 0.6) is 0 Å². The first kappa shape index (κ1) is 20.5. The summed E-state index contributed by atoms with van der Waals surface area (Å²) in [7, 11) is 0. The molecular weight excluding hydrogens is 388 g/mol. The van der Waals surface area contributed by atoms with Crippen LogP contribution >= 0.6 is 0 Å². The Morgan fingerprint density at radius 1 is 1.00 bits per heavy atom. The van der Waals surface area contributed by atoms with Gasteiger partial charge in [0.1, 0.15) is 11.4 Å². The summed E-state index contributed by atoms with van der Waals surface area (Å²) in [6.07, 6.45) is 3.12. The summed E-state index contributed by atoms with van der Waals surface area (Å²) in [4.78, 5) is 16.5. The second-order valence-electron chi connectivity index (χ2n) is 8.45. The van der Waals surface area contributed by atoms with Crippen molar-refractivity contribution in [2.45, 2.75) is 33.3 Å². The molecule has 0 atom stereocenters. The molecule has 2 aromatic carbocycles. The van der Waals surface area contributed by atoms with Crippen molar-refractivity contribution in [3.8, 4) is 5.82 Å². The predicted molar refractivity (Wildman–Crippen MR) is 125 cm³/mol. The third-order valence-corrected chi connectivity index (χ3v) is 4.67. The van der Waals surface area contributed by atoms with Gasteiger partial charge in [0.15, 0.2) is 0 Å². The first-order chi connectivity index (χ1) is 14.8. The van der Waals surface area contributed by atoms with Crippen molar-refractivity contribution in [3.05, 3.63) is 78.6 Å². The summed E-state index contributed by atoms with van der Waals surface area (Å²) in [5.74, 6) is 0.762. The summed E-state index contributed by atoms with van der Waals surface area (Å²) in [5, 5.41) is 7.31. The third-order valence-electron chi connectivity index (χ3n) is 4.67. The summed E-state index contributed by atoms with van der Waals surface area (Å²) < 4.78 is 7.30. The molecule has 4 aromatic rings. The van der Waals surface area contributed by atoms with Crippen LogP contribution in [0, 0.1) is 6.92 Å². The SMILES string of the molecule is Cc1cccc(Nc2cccc3c2ccn3-c2ccc(NC(=O)OC(C)(C)C)cn2)c1. The highest BCUT2D eigenvalue weighted by molar-refractivity contribution is 5.95. The van der Waals surface area contributed by atoms with Gasteiger partial charge in [0.05, 0.1) is 17.4 Å². The number of pyridine rings is 1. The smallest absolute Gasteiger partial charge is 0.412 e. The fraction of sp³-hybridized carbons (Fsp3) is 0.200. The lowest BCUT2D eigenvalue weighted by molar-refractivity contribution is 0.0636. The number of aryl methyl sites for hydroxylation is 1. The highest BCUT2D eigenvalue weighted by Crippen LogP contribution is 2.29. The molecule has 0 saturated heterocycles. The van der Waals surface area contributed by atoms with Crippen molar-refractivity contribution in [2.24, 2.45) is 0 Å². The number of rotatable bonds is 4. The minimum atomic E-state index is -0.550. The second-order valence-corrected chi connectivity index (χ2v) is 8.45. The number of nitrogens with zero attached hydrogens (tertiary/aromatic N) is 2. The zero-order valence-corrected chi connectivity index (χ0v) is 18.1. The Morgan fingerprint density at radius 2 is 1.81 bits per heavy atom. The van der Waals surface area contributed by atoms with Gasteiger partial charge < -0.3 is 14.6 Å². The van der Waals surface area contributed by atoms with E-state index in [1.165, 1.54) is 5.56 Å². The van der Waals surface area contributed by atoms with Gasteiger partial charge in [-0.15, -0.1) is 0 Å². The Morgan fingerprint density at radius 3 is 2.52 bits per heavy atom. The van der Waals surface area contributed by atoms with Crippen LogP contribution in [0.2, 0.25) is 0 Å². The molecule has 6 nitrogen and oxygen atoms in total. The fourth-order valence-electron chi connectivity index (χ4n) is 3.38. The topological polar surface area (TPSA) is 68.2 Å². The Balaban J connectivity index is 1.57. The van der Waals surface area contributed by atoms with Crippen LogP contribution in [-0.4, -0.2) is 21.2 Å². The van der Waals surface area contributed by atoms with Crippen LogP contribution in [-0.2, 0) is 4.74 Å². The standard InChI is InChI=1S/C25H26N4O2/c1-17-7-5-8-18(15-17)27-21-9-6-10-22-20(21)13-14-29(22)23-12-11-19(16-26-23)28-24(30)31-25(2,3)4/h5-16,27H,1-4H3,(H,28,30). The zero-order chi connectivity index (χ0) is 22.0. The number of ether oxygens (including phenoxy) is 1. The number of carbonyl (C=O) groups excluding carboxylic acids is 1. The Bertz CT molecular complexity index is 1220. The molecule has 2 heterocycles. The van der Waals surface area contributed by atoms with Crippen LogP contribution in [0.1, 0.15) is 26.3 Å². The van der Waals surface area contributed by atoms with Crippen LogP contribution in [0.4, 0.5) is 21.9 Å². The van der Waals surface area contributed by atoms with Crippen molar-refractivity contribution in [1.29, 1.82) is 0 Å². The van der Waals surface area contributed by atoms with Gasteiger partial charge in [-0.25, -0.2) is 9.78 Å². The molecule has 0 bridgehead atoms. The number of nitrogens with one attached hydrogen (secondary N) is 2. The van der Waals surface area contributed by atoms with E-state index < -0.39 is 11.7 Å². The summed E-state index contributed by atoms with van der Waals surface area (Å²) in [5.41, 5.74) is 4.36. The largest absolute Gasteiger partial charge is 0.444 e. The number of anilines is 3. The highest BCUT2D eigenvalue weighted by Gasteiger charge is 2.16. The molecule has 2 aromatic heterocycles. The van der Waals surface area contributed by atoms with E-state index in [-0.39, 0.29) is 0 Å². The molecule has 31 heavy (non-hydrogen) atoms. The Labute approximate surface area is 181 Å². The molecule has 0 saturated carbocycles. The lowest BCUT2D eigenvalue weighted by Crippen LogP contribution is -2.27. The van der Waals surface area contributed by atoms with Gasteiger partial charge in [0.2, 0.25) is 0 Å². The monoisotopic (exact) mass is 414 g/mol. The van der Waals surface area contributed by atoms with Crippen molar-refractivity contribution in [3.63, 3.8) is 0 Å². The molecular formula is C25H26N4O2. The van der Waals surface area contributed by atoms with E-state index in [0.717, 1.165) is 28.1 Å². The number of hydrogen-bond donors (Lipinski definition) is 2. The highest BCUT2D eigenvalue weighted by atomic mass is 16.6. The van der Waals surface area contributed by atoms with Crippen molar-refractivity contribution in [2.75, 3.05) is 10.6 Å². The molecule has 158 valence electrons. The molecule has 0 spiro atoms. The normalized spacial score (nSPS) is 11.4. The molecule has 2 N–H and O–H groups in total. The van der Waals surface area contributed by atoms with Crippen molar-refractivity contribution in [1.82, 2.24) is 9.55 Å². The lowest BCUT2D eigenvalue weighted by atomic mass is 10.2. The molecule has 0 radical (unpaired) electrons. The summed E-state index contributed by atoms with van der Waals surface area (Å²) in [6.45, 7) is 7.56. The molecule has 1 amide bonds. The number of fused-ring (bicyclic) bond motifs is 1. The van der Waals surface area contributed by atoms with Gasteiger partial charge in [0.25, 0.3) is 0 Å². The van der Waals surface area contributed by atoms with Gasteiger partial charge in [0, 0.05) is 23.0 Å². The Hall–Kier alpha value is -3.80. The molecule has 0 aliphatic rings. The molecule has 0 aliphatic heterocycles. The van der Waals surface area contributed by atoms with Crippen LogP contribution in [0.15, 0.2) is 73.1 Å². The number of benzene rings is 2. The van der Waals surface area contributed by atoms with Crippen molar-refractivity contribution < 1.29 is 9.53 Å². The summed E-state index contributed by atoms with van der Waals surface area (Å²) in [6, 6.07) is 20.2. The van der Waals surface area contributed by atoms with Crippen LogP contribution in [0.25, 0.3) is 16.7 Å². The quantitative estimate of drug-likeness (QED) is 0.404. The summed E-state index contributed by atoms with van der Waals surface area (Å²) >= 11 is 0. The van der Waals surface area contributed by atoms with E-state index in [9.17, 15) is 4.79 Å². The molecule has 0 unspecified atom stereocenters. The molecule has 0 aliphatic carbocycles. The van der Waals surface area contributed by atoms with Crippen molar-refractivity contribution >= 4 is 34.1 Å². The maximum Gasteiger partial charge on any atom is 0.412 e. The molecule has 0 fully saturated rings. The number of amides is 1. The van der Waals surface area contributed by atoms with Gasteiger partial charge in [-0.2, -0.15) is 0 Å². The number of aromatic nitrogens is 2. The van der Waals surface area contributed by atoms with Gasteiger partial charge in [-0.05, 0) is 75.7 Å². The Kier molecular flexibility index (Phi) is 5.38. The zero-order valence-electron chi connectivity index (χ0n) is 18.1. The van der Waals surface area contributed by atoms with Crippen LogP contribution < -0.4 is 10.6 Å². The van der Waals surface area contributed by atoms with Crippen LogP contribution in [0.3, 0.4) is 0 Å². The molecule has 6 heteroatoms. The van der Waals surface area contributed by atoms with Gasteiger partial charge in [-0.1, -0.05) is 18.2 Å². The van der Waals surface area contributed by atoms with E-state index in [1.54, 1.807) is 6.20 Å². The average Bonchev–Trinajstić information content (AvgIpc) is 3.12. The minimum Gasteiger partial charge on any atom is -0.444 e. The van der Waals surface area contributed by atoms with E-state index in [2.05, 4.69) is 58.9 Å². The maximum absolute atomic E-state index is 12.0. The van der Waals surface area contributed by atoms with Gasteiger partial charge in [-0.3, -0.25) is 5.32 Å². The van der Waals surface area contributed by atoms with E-state index in [4.69, 9.17) is 4.74 Å². The average molecular weight is 415 g/mol. The number of carbonyl (C=O) groups is 1. The number of hydrogen-bond acceptors (Lipinski definition) is 4. The third kappa shape index (κ3) is 4.86. The van der Waals surface area contributed by atoms with E-state index >= 15 is 0 Å². The van der Waals surface area contributed by atoms with E-state index in [1.807, 2.05) is 55.8 Å². The fourth-order valence-corrected chi connectivity index (χ4v) is 3.38. The predicted octanol–water partition coefficient (Wildman–Crippen LogP) is 6.42. The van der Waals surface area contributed by atoms with Gasteiger partial charge >= 0.3 is 6.09 Å². The minimum absolute atomic E-state index is 0.500. The first-order valence-corrected chi connectivity index (χ1v) is 10.2. The second kappa shape index (κ2) is 8.14. The lowest BCUT2D eigenvalue weighted by Gasteiger charge is -2.19. The maximum atomic E-state index is 12.0.